The van der Waals surface area contributed by atoms with Crippen molar-refractivity contribution in [3.05, 3.63) is 56.6 Å². The fourth-order valence-corrected chi connectivity index (χ4v) is 7.21. The van der Waals surface area contributed by atoms with E-state index in [4.69, 9.17) is 28.2 Å². The molecule has 0 amide bonds. The van der Waals surface area contributed by atoms with E-state index in [-0.39, 0.29) is 17.0 Å². The topological polar surface area (TPSA) is 119 Å². The summed E-state index contributed by atoms with van der Waals surface area (Å²) < 4.78 is 1.56. The van der Waals surface area contributed by atoms with Gasteiger partial charge >= 0.3 is 5.97 Å². The van der Waals surface area contributed by atoms with Crippen LogP contribution in [-0.4, -0.2) is 75.3 Å². The molecule has 2 saturated heterocycles. The van der Waals surface area contributed by atoms with Crippen molar-refractivity contribution in [3.63, 3.8) is 0 Å². The third kappa shape index (κ3) is 3.81. The van der Waals surface area contributed by atoms with Gasteiger partial charge in [0.2, 0.25) is 5.43 Å². The second-order valence-corrected chi connectivity index (χ2v) is 11.8. The first-order valence-electron chi connectivity index (χ1n) is 13.4. The molecule has 0 spiro atoms. The third-order valence-electron chi connectivity index (χ3n) is 8.61. The predicted molar refractivity (Wildman–Crippen MR) is 163 cm³/mol. The van der Waals surface area contributed by atoms with Crippen molar-refractivity contribution in [1.82, 2.24) is 24.4 Å². The van der Waals surface area contributed by atoms with Gasteiger partial charge in [0.1, 0.15) is 16.9 Å². The van der Waals surface area contributed by atoms with Gasteiger partial charge in [-0.25, -0.2) is 14.8 Å². The molecule has 5 aromatic rings. The molecule has 2 aliphatic rings. The van der Waals surface area contributed by atoms with Crippen LogP contribution >= 0.6 is 23.2 Å². The van der Waals surface area contributed by atoms with E-state index in [1.807, 2.05) is 7.05 Å². The number of pyridine rings is 3. The molecular weight excluding hydrogens is 565 g/mol. The number of hydrogen-bond donors (Lipinski definition) is 3. The number of aromatic nitrogens is 4. The molecule has 1 aromatic carbocycles. The van der Waals surface area contributed by atoms with Crippen molar-refractivity contribution in [2.45, 2.75) is 12.5 Å². The molecule has 2 unspecified atom stereocenters. The van der Waals surface area contributed by atoms with Crippen LogP contribution in [0.25, 0.3) is 44.1 Å². The molecule has 2 atom stereocenters. The normalized spacial score (nSPS) is 19.1. The Kier molecular flexibility index (Phi) is 5.93. The summed E-state index contributed by atoms with van der Waals surface area (Å²) in [6.45, 7) is 2.80. The van der Waals surface area contributed by atoms with Crippen LogP contribution in [0.2, 0.25) is 10.0 Å². The lowest BCUT2D eigenvalue weighted by Gasteiger charge is -2.29. The van der Waals surface area contributed by atoms with Crippen LogP contribution in [0.5, 0.6) is 0 Å². The number of nitrogens with one attached hydrogen (secondary N) is 2. The minimum absolute atomic E-state index is 0.230. The quantitative estimate of drug-likeness (QED) is 0.272. The lowest BCUT2D eigenvalue weighted by Crippen LogP contribution is -2.35. The number of H-pyrrole nitrogens is 1. The molecule has 210 valence electrons. The highest BCUT2D eigenvalue weighted by molar-refractivity contribution is 6.47. The summed E-state index contributed by atoms with van der Waals surface area (Å²) in [5.74, 6) is -0.755. The van der Waals surface area contributed by atoms with E-state index in [1.54, 1.807) is 36.1 Å². The first kappa shape index (κ1) is 26.1. The van der Waals surface area contributed by atoms with Crippen molar-refractivity contribution >= 4 is 73.5 Å². The summed E-state index contributed by atoms with van der Waals surface area (Å²) in [4.78, 5) is 42.7. The third-order valence-corrected chi connectivity index (χ3v) is 9.39. The SMILES string of the molecule is CNc1cc(Cl)c(Cl)c2c1[nH]c1ncc(-c3cnc4c(c3)c(=O)c(C(=O)O)cn4C)c(N3CCC4CN(C)CC43)c12. The van der Waals surface area contributed by atoms with Gasteiger partial charge in [0, 0.05) is 74.9 Å². The highest BCUT2D eigenvalue weighted by atomic mass is 35.5. The summed E-state index contributed by atoms with van der Waals surface area (Å²) in [5, 5.41) is 15.6. The Hall–Kier alpha value is -3.86. The molecule has 10 nitrogen and oxygen atoms in total. The number of rotatable bonds is 4. The molecule has 6 heterocycles. The first-order chi connectivity index (χ1) is 19.7. The van der Waals surface area contributed by atoms with Crippen LogP contribution in [0.15, 0.2) is 35.5 Å². The molecule has 0 saturated carbocycles. The zero-order valence-electron chi connectivity index (χ0n) is 22.6. The molecule has 0 radical (unpaired) electrons. The average Bonchev–Trinajstić information content (AvgIpc) is 3.64. The number of carboxylic acids is 1. The number of aromatic carboxylic acids is 1. The standard InChI is InChI=1S/C29H27Cl2N7O3/c1-32-19-7-18(30)23(31)21-22-25(38-5-4-13-10-36(2)12-20(13)38)16(9-33-27(22)35-24(19)21)14-6-15-26(39)17(29(40)41)11-37(3)28(15)34-8-14/h6-9,11,13,20,32H,4-5,10,12H2,1-3H3,(H,33,35)(H,40,41). The number of anilines is 2. The summed E-state index contributed by atoms with van der Waals surface area (Å²) in [6, 6.07) is 3.81. The molecule has 3 N–H and O–H groups in total. The number of fused-ring (bicyclic) bond motifs is 5. The van der Waals surface area contributed by atoms with Gasteiger partial charge < -0.3 is 29.8 Å². The Labute approximate surface area is 244 Å². The van der Waals surface area contributed by atoms with E-state index >= 15 is 0 Å². The maximum atomic E-state index is 13.2. The molecule has 0 aliphatic carbocycles. The van der Waals surface area contributed by atoms with Crippen molar-refractivity contribution < 1.29 is 9.90 Å². The highest BCUT2D eigenvalue weighted by Crippen LogP contribution is 2.48. The van der Waals surface area contributed by atoms with Gasteiger partial charge in [-0.1, -0.05) is 23.2 Å². The van der Waals surface area contributed by atoms with Crippen molar-refractivity contribution in [1.29, 1.82) is 0 Å². The summed E-state index contributed by atoms with van der Waals surface area (Å²) in [7, 11) is 5.65. The van der Waals surface area contributed by atoms with Gasteiger partial charge in [-0.3, -0.25) is 4.79 Å². The maximum Gasteiger partial charge on any atom is 0.341 e. The molecule has 4 aromatic heterocycles. The highest BCUT2D eigenvalue weighted by Gasteiger charge is 2.42. The van der Waals surface area contributed by atoms with Crippen molar-refractivity contribution in [3.8, 4) is 11.1 Å². The van der Waals surface area contributed by atoms with Crippen LogP contribution in [0, 0.1) is 5.92 Å². The molecule has 0 bridgehead atoms. The van der Waals surface area contributed by atoms with Gasteiger partial charge in [0.05, 0.1) is 37.7 Å². The number of hydrogen-bond acceptors (Lipinski definition) is 7. The molecule has 41 heavy (non-hydrogen) atoms. The Balaban J connectivity index is 1.57. The van der Waals surface area contributed by atoms with Crippen molar-refractivity contribution in [2.75, 3.05) is 43.9 Å². The number of carbonyl (C=O) groups is 1. The van der Waals surface area contributed by atoms with Crippen LogP contribution < -0.4 is 15.6 Å². The zero-order chi connectivity index (χ0) is 28.7. The Morgan fingerprint density at radius 3 is 2.71 bits per heavy atom. The van der Waals surface area contributed by atoms with E-state index < -0.39 is 11.4 Å². The predicted octanol–water partition coefficient (Wildman–Crippen LogP) is 4.82. The van der Waals surface area contributed by atoms with E-state index in [0.29, 0.717) is 32.8 Å². The number of carboxylic acid groups (broad SMARTS) is 1. The minimum atomic E-state index is -1.28. The minimum Gasteiger partial charge on any atom is -0.477 e. The average molecular weight is 592 g/mol. The largest absolute Gasteiger partial charge is 0.477 e. The number of aryl methyl sites for hydroxylation is 1. The Morgan fingerprint density at radius 2 is 1.95 bits per heavy atom. The fourth-order valence-electron chi connectivity index (χ4n) is 6.76. The molecule has 2 aliphatic heterocycles. The van der Waals surface area contributed by atoms with Gasteiger partial charge in [-0.15, -0.1) is 0 Å². The van der Waals surface area contributed by atoms with E-state index in [1.165, 1.54) is 6.20 Å². The Morgan fingerprint density at radius 1 is 1.15 bits per heavy atom. The summed E-state index contributed by atoms with van der Waals surface area (Å²) in [5.41, 5.74) is 4.20. The number of aromatic amines is 1. The molecule has 2 fully saturated rings. The van der Waals surface area contributed by atoms with Crippen LogP contribution in [0.1, 0.15) is 16.8 Å². The second kappa shape index (κ2) is 9.34. The summed E-state index contributed by atoms with van der Waals surface area (Å²) >= 11 is 13.5. The molecular formula is C29H27Cl2N7O3. The van der Waals surface area contributed by atoms with E-state index in [9.17, 15) is 14.7 Å². The zero-order valence-corrected chi connectivity index (χ0v) is 24.1. The van der Waals surface area contributed by atoms with Gasteiger partial charge in [0.15, 0.2) is 0 Å². The molecule has 12 heteroatoms. The summed E-state index contributed by atoms with van der Waals surface area (Å²) in [6.07, 6.45) is 5.86. The first-order valence-corrected chi connectivity index (χ1v) is 14.1. The number of likely N-dealkylation sites (N-methyl/N-ethyl adjacent to an activating group) is 1. The number of halogens is 2. The van der Waals surface area contributed by atoms with Crippen molar-refractivity contribution in [2.24, 2.45) is 13.0 Å². The van der Waals surface area contributed by atoms with Gasteiger partial charge in [0.25, 0.3) is 0 Å². The lowest BCUT2D eigenvalue weighted by atomic mass is 9.99. The fraction of sp³-hybridized carbons (Fsp3) is 0.310. The molecule has 7 rings (SSSR count). The van der Waals surface area contributed by atoms with E-state index in [0.717, 1.165) is 59.3 Å². The van der Waals surface area contributed by atoms with Crippen LogP contribution in [0.4, 0.5) is 11.4 Å². The van der Waals surface area contributed by atoms with E-state index in [2.05, 4.69) is 32.1 Å². The second-order valence-electron chi connectivity index (χ2n) is 11.0. The smallest absolute Gasteiger partial charge is 0.341 e. The monoisotopic (exact) mass is 591 g/mol. The number of likely N-dealkylation sites (tertiary alicyclic amines) is 1. The Bertz CT molecular complexity index is 1990. The number of benzene rings is 1. The van der Waals surface area contributed by atoms with Gasteiger partial charge in [-0.2, -0.15) is 0 Å². The lowest BCUT2D eigenvalue weighted by molar-refractivity contribution is 0.0695. The maximum absolute atomic E-state index is 13.2. The van der Waals surface area contributed by atoms with Gasteiger partial charge in [-0.05, 0) is 31.5 Å². The van der Waals surface area contributed by atoms with Crippen LogP contribution in [0.3, 0.4) is 0 Å². The van der Waals surface area contributed by atoms with Crippen LogP contribution in [-0.2, 0) is 7.05 Å². The number of nitrogens with zero attached hydrogens (tertiary/aromatic N) is 5.